The normalized spacial score (nSPS) is 15.3. The molecule has 0 bridgehead atoms. The van der Waals surface area contributed by atoms with Gasteiger partial charge in [0.1, 0.15) is 12.1 Å². The summed E-state index contributed by atoms with van der Waals surface area (Å²) >= 11 is 3.79. The summed E-state index contributed by atoms with van der Waals surface area (Å²) in [5.74, 6) is -2.90. The fourth-order valence-electron chi connectivity index (χ4n) is 1.22. The molecule has 8 nitrogen and oxygen atoms in total. The molecule has 0 spiro atoms. The molecule has 6 N–H and O–H groups in total. The summed E-state index contributed by atoms with van der Waals surface area (Å²) in [6.45, 7) is 2.81. The van der Waals surface area contributed by atoms with E-state index in [1.807, 2.05) is 0 Å². The van der Waals surface area contributed by atoms with Gasteiger partial charge < -0.3 is 26.6 Å². The molecule has 9 heteroatoms. The zero-order valence-corrected chi connectivity index (χ0v) is 12.3. The lowest BCUT2D eigenvalue weighted by molar-refractivity contribution is -0.141. The molecular formula is C11H21N3O5S. The van der Waals surface area contributed by atoms with Gasteiger partial charge in [0.15, 0.2) is 0 Å². The minimum absolute atomic E-state index is 0.112. The summed E-state index contributed by atoms with van der Waals surface area (Å²) in [6.07, 6.45) is 0. The summed E-state index contributed by atoms with van der Waals surface area (Å²) in [6, 6.07) is -3.28. The van der Waals surface area contributed by atoms with Crippen LogP contribution in [0.1, 0.15) is 13.8 Å². The molecule has 0 aliphatic rings. The van der Waals surface area contributed by atoms with E-state index in [1.54, 1.807) is 13.8 Å². The topological polar surface area (TPSA) is 142 Å². The van der Waals surface area contributed by atoms with Crippen molar-refractivity contribution in [3.63, 3.8) is 0 Å². The molecule has 3 atom stereocenters. The van der Waals surface area contributed by atoms with E-state index in [2.05, 4.69) is 23.3 Å². The standard InChI is InChI=1S/C11H21N3O5S/c1-5(2)8(12)10(17)13-6(3-15)9(16)14-7(4-20)11(18)19/h5-8,15,20H,3-4,12H2,1-2H3,(H,13,17)(H,14,16)(H,18,19)/t6-,7-,8-/m0/s1. The number of aliphatic carboxylic acids is 1. The van der Waals surface area contributed by atoms with E-state index in [-0.39, 0.29) is 11.7 Å². The summed E-state index contributed by atoms with van der Waals surface area (Å²) in [5.41, 5.74) is 5.61. The minimum Gasteiger partial charge on any atom is -0.480 e. The number of carboxylic acid groups (broad SMARTS) is 1. The molecule has 116 valence electrons. The van der Waals surface area contributed by atoms with Gasteiger partial charge in [0.2, 0.25) is 11.8 Å². The Morgan fingerprint density at radius 3 is 2.00 bits per heavy atom. The number of aliphatic hydroxyl groups is 1. The van der Waals surface area contributed by atoms with Crippen LogP contribution in [0.4, 0.5) is 0 Å². The Morgan fingerprint density at radius 2 is 1.65 bits per heavy atom. The molecule has 0 unspecified atom stereocenters. The van der Waals surface area contributed by atoms with Crippen LogP contribution < -0.4 is 16.4 Å². The number of carbonyl (C=O) groups is 3. The molecule has 0 saturated heterocycles. The van der Waals surface area contributed by atoms with Crippen LogP contribution >= 0.6 is 12.6 Å². The Kier molecular flexibility index (Phi) is 8.19. The zero-order valence-electron chi connectivity index (χ0n) is 11.4. The molecule has 0 heterocycles. The average Bonchev–Trinajstić information content (AvgIpc) is 2.39. The fourth-order valence-corrected chi connectivity index (χ4v) is 1.47. The van der Waals surface area contributed by atoms with Gasteiger partial charge in [0.25, 0.3) is 0 Å². The highest BCUT2D eigenvalue weighted by Crippen LogP contribution is 1.99. The predicted molar refractivity (Wildman–Crippen MR) is 75.2 cm³/mol. The number of hydrogen-bond donors (Lipinski definition) is 6. The second kappa shape index (κ2) is 8.77. The fraction of sp³-hybridized carbons (Fsp3) is 0.727. The van der Waals surface area contributed by atoms with E-state index in [0.717, 1.165) is 0 Å². The van der Waals surface area contributed by atoms with Crippen LogP contribution in [0, 0.1) is 5.92 Å². The molecule has 0 aromatic heterocycles. The third-order valence-corrected chi connectivity index (χ3v) is 3.00. The number of hydrogen-bond acceptors (Lipinski definition) is 6. The molecule has 0 aliphatic heterocycles. The monoisotopic (exact) mass is 307 g/mol. The van der Waals surface area contributed by atoms with Gasteiger partial charge in [0.05, 0.1) is 12.6 Å². The quantitative estimate of drug-likeness (QED) is 0.285. The lowest BCUT2D eigenvalue weighted by Crippen LogP contribution is -2.56. The van der Waals surface area contributed by atoms with Crippen LogP contribution in [-0.4, -0.2) is 58.5 Å². The highest BCUT2D eigenvalue weighted by atomic mass is 32.1. The number of carboxylic acids is 1. The largest absolute Gasteiger partial charge is 0.480 e. The number of amides is 2. The first-order valence-electron chi connectivity index (χ1n) is 6.05. The number of rotatable bonds is 8. The molecule has 0 rings (SSSR count). The van der Waals surface area contributed by atoms with Crippen molar-refractivity contribution in [1.82, 2.24) is 10.6 Å². The second-order valence-electron chi connectivity index (χ2n) is 4.60. The van der Waals surface area contributed by atoms with Gasteiger partial charge in [-0.1, -0.05) is 13.8 Å². The summed E-state index contributed by atoms with van der Waals surface area (Å²) in [4.78, 5) is 34.2. The Balaban J connectivity index is 4.64. The molecule has 0 fully saturated rings. The highest BCUT2D eigenvalue weighted by molar-refractivity contribution is 7.80. The molecule has 0 aliphatic carbocycles. The summed E-state index contributed by atoms with van der Waals surface area (Å²) < 4.78 is 0. The van der Waals surface area contributed by atoms with Crippen molar-refractivity contribution >= 4 is 30.4 Å². The number of thiol groups is 1. The summed E-state index contributed by atoms with van der Waals surface area (Å²) in [5, 5.41) is 22.3. The van der Waals surface area contributed by atoms with Crippen molar-refractivity contribution in [1.29, 1.82) is 0 Å². The molecule has 0 aromatic rings. The number of aliphatic hydroxyl groups excluding tert-OH is 1. The first-order valence-corrected chi connectivity index (χ1v) is 6.68. The van der Waals surface area contributed by atoms with Crippen molar-refractivity contribution in [2.45, 2.75) is 32.0 Å². The van der Waals surface area contributed by atoms with Gasteiger partial charge in [-0.2, -0.15) is 12.6 Å². The zero-order chi connectivity index (χ0) is 15.9. The van der Waals surface area contributed by atoms with Crippen LogP contribution in [0.25, 0.3) is 0 Å². The Hall–Kier alpha value is -1.32. The number of carbonyl (C=O) groups excluding carboxylic acids is 2. The van der Waals surface area contributed by atoms with Crippen LogP contribution in [0.2, 0.25) is 0 Å². The van der Waals surface area contributed by atoms with Gasteiger partial charge >= 0.3 is 5.97 Å². The van der Waals surface area contributed by atoms with Crippen molar-refractivity contribution < 1.29 is 24.6 Å². The van der Waals surface area contributed by atoms with Crippen molar-refractivity contribution in [2.24, 2.45) is 11.7 Å². The van der Waals surface area contributed by atoms with Gasteiger partial charge in [-0.15, -0.1) is 0 Å². The van der Waals surface area contributed by atoms with E-state index in [0.29, 0.717) is 0 Å². The van der Waals surface area contributed by atoms with E-state index in [9.17, 15) is 14.4 Å². The minimum atomic E-state index is -1.26. The summed E-state index contributed by atoms with van der Waals surface area (Å²) in [7, 11) is 0. The van der Waals surface area contributed by atoms with E-state index in [1.165, 1.54) is 0 Å². The molecule has 20 heavy (non-hydrogen) atoms. The number of nitrogens with two attached hydrogens (primary N) is 1. The first-order chi connectivity index (χ1) is 9.24. The third kappa shape index (κ3) is 5.76. The maximum atomic E-state index is 11.8. The SMILES string of the molecule is CC(C)[C@H](N)C(=O)N[C@@H](CO)C(=O)N[C@@H](CS)C(=O)O. The van der Waals surface area contributed by atoms with E-state index < -0.39 is 42.5 Å². The van der Waals surface area contributed by atoms with E-state index in [4.69, 9.17) is 15.9 Å². The van der Waals surface area contributed by atoms with E-state index >= 15 is 0 Å². The lowest BCUT2D eigenvalue weighted by Gasteiger charge is -2.22. The van der Waals surface area contributed by atoms with Crippen LogP contribution in [0.3, 0.4) is 0 Å². The maximum absolute atomic E-state index is 11.8. The van der Waals surface area contributed by atoms with Crippen molar-refractivity contribution in [3.8, 4) is 0 Å². The van der Waals surface area contributed by atoms with Crippen LogP contribution in [0.5, 0.6) is 0 Å². The molecule has 0 saturated carbocycles. The average molecular weight is 307 g/mol. The van der Waals surface area contributed by atoms with Crippen molar-refractivity contribution in [3.05, 3.63) is 0 Å². The maximum Gasteiger partial charge on any atom is 0.327 e. The van der Waals surface area contributed by atoms with Gasteiger partial charge in [-0.05, 0) is 5.92 Å². The molecule has 2 amide bonds. The smallest absolute Gasteiger partial charge is 0.327 e. The molecule has 0 aromatic carbocycles. The van der Waals surface area contributed by atoms with Gasteiger partial charge in [-0.25, -0.2) is 4.79 Å². The Bertz CT molecular complexity index is 364. The molecule has 0 radical (unpaired) electrons. The number of nitrogens with one attached hydrogen (secondary N) is 2. The van der Waals surface area contributed by atoms with Crippen molar-refractivity contribution in [2.75, 3.05) is 12.4 Å². The van der Waals surface area contributed by atoms with Crippen LogP contribution in [-0.2, 0) is 14.4 Å². The van der Waals surface area contributed by atoms with Gasteiger partial charge in [-0.3, -0.25) is 9.59 Å². The Labute approximate surface area is 122 Å². The second-order valence-corrected chi connectivity index (χ2v) is 4.96. The highest BCUT2D eigenvalue weighted by Gasteiger charge is 2.27. The predicted octanol–water partition coefficient (Wildman–Crippen LogP) is -2.05. The van der Waals surface area contributed by atoms with Crippen LogP contribution in [0.15, 0.2) is 0 Å². The third-order valence-electron chi connectivity index (χ3n) is 2.63. The Morgan fingerprint density at radius 1 is 1.15 bits per heavy atom. The first kappa shape index (κ1) is 18.7. The lowest BCUT2D eigenvalue weighted by atomic mass is 10.0. The molecular weight excluding hydrogens is 286 g/mol. The van der Waals surface area contributed by atoms with Gasteiger partial charge in [0, 0.05) is 5.75 Å².